The van der Waals surface area contributed by atoms with E-state index in [2.05, 4.69) is 10.2 Å². The van der Waals surface area contributed by atoms with E-state index in [1.807, 2.05) is 55.5 Å². The van der Waals surface area contributed by atoms with Gasteiger partial charge in [0, 0.05) is 18.3 Å². The van der Waals surface area contributed by atoms with E-state index in [0.29, 0.717) is 25.4 Å². The number of nitrogens with one attached hydrogen (secondary N) is 1. The lowest BCUT2D eigenvalue weighted by Crippen LogP contribution is -2.32. The van der Waals surface area contributed by atoms with Gasteiger partial charge < -0.3 is 14.8 Å². The normalized spacial score (nSPS) is 10.9. The van der Waals surface area contributed by atoms with Gasteiger partial charge in [0.2, 0.25) is 5.91 Å². The Balaban J connectivity index is 1.87. The molecule has 0 aliphatic carbocycles. The fourth-order valence-corrected chi connectivity index (χ4v) is 2.70. The first kappa shape index (κ1) is 22.2. The predicted octanol–water partition coefficient (Wildman–Crippen LogP) is 3.73. The van der Waals surface area contributed by atoms with E-state index >= 15 is 0 Å². The Morgan fingerprint density at radius 1 is 1.03 bits per heavy atom. The van der Waals surface area contributed by atoms with Gasteiger partial charge in [-0.3, -0.25) is 9.69 Å². The molecule has 0 bridgehead atoms. The molecular weight excluding hydrogens is 368 g/mol. The van der Waals surface area contributed by atoms with Gasteiger partial charge in [-0.15, -0.1) is 0 Å². The molecule has 0 saturated carbocycles. The molecule has 0 atom stereocenters. The zero-order valence-electron chi connectivity index (χ0n) is 17.2. The van der Waals surface area contributed by atoms with Crippen molar-refractivity contribution in [3.63, 3.8) is 0 Å². The van der Waals surface area contributed by atoms with Crippen LogP contribution in [0.2, 0.25) is 0 Å². The van der Waals surface area contributed by atoms with Gasteiger partial charge in [-0.05, 0) is 54.9 Å². The zero-order chi connectivity index (χ0) is 21.1. The van der Waals surface area contributed by atoms with Crippen molar-refractivity contribution in [1.82, 2.24) is 4.90 Å². The lowest BCUT2D eigenvalue weighted by Gasteiger charge is -2.20. The maximum Gasteiger partial charge on any atom is 0.330 e. The molecule has 6 nitrogen and oxygen atoms in total. The second kappa shape index (κ2) is 11.7. The molecule has 6 heteroatoms. The van der Waals surface area contributed by atoms with Gasteiger partial charge in [0.1, 0.15) is 5.75 Å². The van der Waals surface area contributed by atoms with Gasteiger partial charge in [-0.2, -0.15) is 0 Å². The third-order valence-corrected chi connectivity index (χ3v) is 4.27. The highest BCUT2D eigenvalue weighted by atomic mass is 16.5. The molecule has 154 valence electrons. The molecule has 0 spiro atoms. The molecule has 0 fully saturated rings. The van der Waals surface area contributed by atoms with Crippen molar-refractivity contribution in [3.8, 4) is 5.75 Å². The first-order valence-electron chi connectivity index (χ1n) is 9.64. The summed E-state index contributed by atoms with van der Waals surface area (Å²) < 4.78 is 10.0. The van der Waals surface area contributed by atoms with E-state index in [4.69, 9.17) is 9.47 Å². The SMILES string of the molecule is CCOC(=O)/C=C/c1ccc(NC(=O)CN(CC)Cc2ccc(OC)cc2)cc1. The van der Waals surface area contributed by atoms with Crippen molar-refractivity contribution >= 4 is 23.6 Å². The van der Waals surface area contributed by atoms with E-state index in [-0.39, 0.29) is 11.9 Å². The molecule has 0 aliphatic rings. The van der Waals surface area contributed by atoms with Crippen LogP contribution in [0.5, 0.6) is 5.75 Å². The first-order valence-corrected chi connectivity index (χ1v) is 9.64. The van der Waals surface area contributed by atoms with Gasteiger partial charge >= 0.3 is 5.97 Å². The van der Waals surface area contributed by atoms with Gasteiger partial charge in [0.25, 0.3) is 0 Å². The molecule has 29 heavy (non-hydrogen) atoms. The summed E-state index contributed by atoms with van der Waals surface area (Å²) in [6.45, 7) is 5.89. The molecule has 0 unspecified atom stereocenters. The summed E-state index contributed by atoms with van der Waals surface area (Å²) in [6, 6.07) is 15.1. The monoisotopic (exact) mass is 396 g/mol. The second-order valence-electron chi connectivity index (χ2n) is 6.41. The highest BCUT2D eigenvalue weighted by molar-refractivity contribution is 5.92. The number of methoxy groups -OCH3 is 1. The Hall–Kier alpha value is -3.12. The minimum absolute atomic E-state index is 0.0739. The maximum atomic E-state index is 12.4. The first-order chi connectivity index (χ1) is 14.0. The molecule has 0 heterocycles. The quantitative estimate of drug-likeness (QED) is 0.490. The summed E-state index contributed by atoms with van der Waals surface area (Å²) in [5, 5.41) is 2.91. The van der Waals surface area contributed by atoms with Crippen molar-refractivity contribution in [2.45, 2.75) is 20.4 Å². The number of carbonyl (C=O) groups is 2. The van der Waals surface area contributed by atoms with Crippen molar-refractivity contribution in [3.05, 3.63) is 65.7 Å². The van der Waals surface area contributed by atoms with E-state index in [0.717, 1.165) is 23.4 Å². The van der Waals surface area contributed by atoms with Crippen LogP contribution in [0.25, 0.3) is 6.08 Å². The maximum absolute atomic E-state index is 12.4. The highest BCUT2D eigenvalue weighted by Crippen LogP contribution is 2.14. The van der Waals surface area contributed by atoms with Crippen LogP contribution in [-0.2, 0) is 20.9 Å². The van der Waals surface area contributed by atoms with Crippen LogP contribution in [0, 0.1) is 0 Å². The van der Waals surface area contributed by atoms with Gasteiger partial charge in [0.05, 0.1) is 20.3 Å². The Morgan fingerprint density at radius 3 is 2.31 bits per heavy atom. The van der Waals surface area contributed by atoms with Crippen LogP contribution in [0.3, 0.4) is 0 Å². The Labute approximate surface area is 172 Å². The Bertz CT molecular complexity index is 814. The fourth-order valence-electron chi connectivity index (χ4n) is 2.70. The molecule has 1 amide bonds. The molecule has 2 rings (SSSR count). The third kappa shape index (κ3) is 7.79. The van der Waals surface area contributed by atoms with Gasteiger partial charge in [0.15, 0.2) is 0 Å². The number of likely N-dealkylation sites (N-methyl/N-ethyl adjacent to an activating group) is 1. The second-order valence-corrected chi connectivity index (χ2v) is 6.41. The molecular formula is C23H28N2O4. The lowest BCUT2D eigenvalue weighted by atomic mass is 10.2. The number of hydrogen-bond acceptors (Lipinski definition) is 5. The van der Waals surface area contributed by atoms with E-state index < -0.39 is 0 Å². The van der Waals surface area contributed by atoms with Crippen LogP contribution < -0.4 is 10.1 Å². The number of esters is 1. The molecule has 1 N–H and O–H groups in total. The number of ether oxygens (including phenoxy) is 2. The largest absolute Gasteiger partial charge is 0.497 e. The van der Waals surface area contributed by atoms with Crippen LogP contribution in [0.1, 0.15) is 25.0 Å². The molecule has 2 aromatic carbocycles. The van der Waals surface area contributed by atoms with Crippen LogP contribution >= 0.6 is 0 Å². The molecule has 2 aromatic rings. The number of anilines is 1. The van der Waals surface area contributed by atoms with Gasteiger partial charge in [-0.25, -0.2) is 4.79 Å². The summed E-state index contributed by atoms with van der Waals surface area (Å²) in [5.74, 6) is 0.367. The number of carbonyl (C=O) groups excluding carboxylic acids is 2. The standard InChI is InChI=1S/C23H28N2O4/c1-4-25(16-19-8-13-21(28-3)14-9-19)17-22(26)24-20-11-6-18(7-12-20)10-15-23(27)29-5-2/h6-15H,4-5,16-17H2,1-3H3,(H,24,26)/b15-10+. The minimum Gasteiger partial charge on any atom is -0.497 e. The molecule has 0 saturated heterocycles. The summed E-state index contributed by atoms with van der Waals surface area (Å²) in [7, 11) is 1.64. The number of benzene rings is 2. The Morgan fingerprint density at radius 2 is 1.72 bits per heavy atom. The topological polar surface area (TPSA) is 67.9 Å². The average Bonchev–Trinajstić information content (AvgIpc) is 2.73. The number of hydrogen-bond donors (Lipinski definition) is 1. The predicted molar refractivity (Wildman–Crippen MR) is 115 cm³/mol. The summed E-state index contributed by atoms with van der Waals surface area (Å²) in [4.78, 5) is 25.8. The van der Waals surface area contributed by atoms with E-state index in [9.17, 15) is 9.59 Å². The van der Waals surface area contributed by atoms with Crippen molar-refractivity contribution in [1.29, 1.82) is 0 Å². The summed E-state index contributed by atoms with van der Waals surface area (Å²) >= 11 is 0. The van der Waals surface area contributed by atoms with Crippen LogP contribution in [-0.4, -0.2) is 43.6 Å². The Kier molecular flexibility index (Phi) is 8.92. The molecule has 0 radical (unpaired) electrons. The van der Waals surface area contributed by atoms with Crippen LogP contribution in [0.15, 0.2) is 54.6 Å². The summed E-state index contributed by atoms with van der Waals surface area (Å²) in [6.07, 6.45) is 3.06. The fraction of sp³-hybridized carbons (Fsp3) is 0.304. The summed E-state index contributed by atoms with van der Waals surface area (Å²) in [5.41, 5.74) is 2.69. The van der Waals surface area contributed by atoms with Crippen molar-refractivity contribution < 1.29 is 19.1 Å². The zero-order valence-corrected chi connectivity index (χ0v) is 17.2. The highest BCUT2D eigenvalue weighted by Gasteiger charge is 2.10. The van der Waals surface area contributed by atoms with E-state index in [1.54, 1.807) is 20.1 Å². The lowest BCUT2D eigenvalue weighted by molar-refractivity contribution is -0.137. The molecule has 0 aromatic heterocycles. The van der Waals surface area contributed by atoms with Crippen molar-refractivity contribution in [2.24, 2.45) is 0 Å². The minimum atomic E-state index is -0.374. The average molecular weight is 396 g/mol. The molecule has 0 aliphatic heterocycles. The smallest absolute Gasteiger partial charge is 0.330 e. The van der Waals surface area contributed by atoms with Crippen LogP contribution in [0.4, 0.5) is 5.69 Å². The van der Waals surface area contributed by atoms with Crippen molar-refractivity contribution in [2.75, 3.05) is 32.1 Å². The third-order valence-electron chi connectivity index (χ3n) is 4.27. The van der Waals surface area contributed by atoms with E-state index in [1.165, 1.54) is 6.08 Å². The number of amides is 1. The number of nitrogens with zero attached hydrogens (tertiary/aromatic N) is 1. The number of rotatable bonds is 10. The van der Waals surface area contributed by atoms with Gasteiger partial charge in [-0.1, -0.05) is 31.2 Å².